The Hall–Kier alpha value is -4.49. The topological polar surface area (TPSA) is 145 Å². The molecule has 48 heavy (non-hydrogen) atoms. The van der Waals surface area contributed by atoms with Crippen LogP contribution in [0, 0.1) is 13.5 Å². The second-order valence-electron chi connectivity index (χ2n) is 14.4. The lowest BCUT2D eigenvalue weighted by molar-refractivity contribution is 0.557. The summed E-state index contributed by atoms with van der Waals surface area (Å²) >= 11 is 1.17. The molecule has 0 spiro atoms. The molecule has 0 radical (unpaired) electrons. The number of benzene rings is 1. The van der Waals surface area contributed by atoms with Crippen molar-refractivity contribution in [2.45, 2.75) is 99.1 Å². The predicted molar refractivity (Wildman–Crippen MR) is 189 cm³/mol. The van der Waals surface area contributed by atoms with Crippen molar-refractivity contribution in [3.63, 3.8) is 0 Å². The molecule has 0 atom stereocenters. The molecule has 0 saturated carbocycles. The molecule has 1 aromatic carbocycles. The molecule has 4 aromatic heterocycles. The summed E-state index contributed by atoms with van der Waals surface area (Å²) in [5.74, 6) is 1.49. The minimum absolute atomic E-state index is 0.0625. The standard InChI is InChI=1S/C32H42N12O2S2/c1-18(2)41-27(21-14-16-22(17-15-21)43(19(3)4)48(13,45)46)39-44-29(41)24(26(38-44)32(9,10)11)35-36-28-23(33-12)25(31(6,7)8)37-42(28)30-34-20(5)40-47-30/h14-19H,1-11,13H3. The molecule has 0 N–H and O–H groups in total. The highest BCUT2D eigenvalue weighted by atomic mass is 32.2. The van der Waals surface area contributed by atoms with E-state index in [1.54, 1.807) is 28.4 Å². The van der Waals surface area contributed by atoms with E-state index in [0.717, 1.165) is 5.56 Å². The van der Waals surface area contributed by atoms with E-state index in [-0.39, 0.29) is 17.9 Å². The van der Waals surface area contributed by atoms with E-state index < -0.39 is 20.9 Å². The minimum Gasteiger partial charge on any atom is -0.303 e. The van der Waals surface area contributed by atoms with Gasteiger partial charge in [0.25, 0.3) is 5.69 Å². The van der Waals surface area contributed by atoms with Crippen LogP contribution in [0.5, 0.6) is 0 Å². The number of fused-ring (bicyclic) bond motifs is 1. The van der Waals surface area contributed by atoms with Crippen molar-refractivity contribution >= 4 is 50.1 Å². The van der Waals surface area contributed by atoms with Gasteiger partial charge in [0.1, 0.15) is 5.82 Å². The number of aromatic nitrogens is 8. The Morgan fingerprint density at radius 2 is 1.56 bits per heavy atom. The van der Waals surface area contributed by atoms with Crippen molar-refractivity contribution < 1.29 is 8.42 Å². The first-order chi connectivity index (χ1) is 22.2. The molecule has 4 heterocycles. The van der Waals surface area contributed by atoms with Gasteiger partial charge in [-0.3, -0.25) is 4.31 Å². The quantitative estimate of drug-likeness (QED) is 0.119. The third-order valence-corrected chi connectivity index (χ3v) is 9.63. The third kappa shape index (κ3) is 6.36. The third-order valence-electron chi connectivity index (χ3n) is 7.50. The van der Waals surface area contributed by atoms with Crippen LogP contribution in [0.1, 0.15) is 92.5 Å². The number of hydrogen-bond donors (Lipinski definition) is 0. The zero-order valence-electron chi connectivity index (χ0n) is 29.5. The summed E-state index contributed by atoms with van der Waals surface area (Å²) in [6.45, 7) is 29.8. The molecule has 5 aromatic rings. The van der Waals surface area contributed by atoms with Crippen LogP contribution in [0.2, 0.25) is 0 Å². The average molecular weight is 691 g/mol. The maximum atomic E-state index is 12.5. The van der Waals surface area contributed by atoms with E-state index >= 15 is 0 Å². The van der Waals surface area contributed by atoms with E-state index in [9.17, 15) is 8.42 Å². The zero-order chi connectivity index (χ0) is 35.5. The molecule has 0 aliphatic heterocycles. The van der Waals surface area contributed by atoms with Gasteiger partial charge in [-0.05, 0) is 64.3 Å². The molecule has 0 saturated heterocycles. The van der Waals surface area contributed by atoms with Gasteiger partial charge in [-0.2, -0.15) is 19.3 Å². The van der Waals surface area contributed by atoms with E-state index in [2.05, 4.69) is 14.2 Å². The fourth-order valence-corrected chi connectivity index (χ4v) is 7.43. The highest BCUT2D eigenvalue weighted by Crippen LogP contribution is 2.43. The SMILES string of the molecule is [C-]#[N+]c1c(C(C)(C)C)nn(-c2nc(C)ns2)c1N=Nc1c(C(C)(C)C)nn2nc(-c3ccc(N(C(C)C)S(C)(=O)=O)cc3)n(C(C)C)c12. The molecule has 0 aliphatic rings. The number of rotatable bonds is 8. The smallest absolute Gasteiger partial charge is 0.255 e. The molecule has 0 bridgehead atoms. The second-order valence-corrected chi connectivity index (χ2v) is 17.0. The fourth-order valence-electron chi connectivity index (χ4n) is 5.52. The molecule has 0 aliphatic carbocycles. The van der Waals surface area contributed by atoms with Crippen LogP contribution in [-0.4, -0.2) is 59.2 Å². The Kier molecular flexibility index (Phi) is 8.85. The monoisotopic (exact) mass is 690 g/mol. The Morgan fingerprint density at radius 3 is 2.04 bits per heavy atom. The minimum atomic E-state index is -3.47. The van der Waals surface area contributed by atoms with Crippen LogP contribution in [0.4, 0.5) is 22.9 Å². The summed E-state index contributed by atoms with van der Waals surface area (Å²) in [4.78, 5) is 8.36. The summed E-state index contributed by atoms with van der Waals surface area (Å²) < 4.78 is 35.9. The number of anilines is 1. The van der Waals surface area contributed by atoms with Crippen molar-refractivity contribution in [2.24, 2.45) is 10.2 Å². The Bertz CT molecular complexity index is 2160. The number of nitrogens with zero attached hydrogens (tertiary/aromatic N) is 12. The van der Waals surface area contributed by atoms with Gasteiger partial charge in [-0.25, -0.2) is 18.2 Å². The van der Waals surface area contributed by atoms with Gasteiger partial charge in [0.15, 0.2) is 23.0 Å². The first kappa shape index (κ1) is 34.8. The van der Waals surface area contributed by atoms with Crippen molar-refractivity contribution in [2.75, 3.05) is 10.6 Å². The van der Waals surface area contributed by atoms with Gasteiger partial charge in [-0.15, -0.1) is 20.0 Å². The molecule has 0 unspecified atom stereocenters. The number of hydrogen-bond acceptors (Lipinski definition) is 10. The number of azo groups is 1. The van der Waals surface area contributed by atoms with Crippen LogP contribution in [0.15, 0.2) is 34.5 Å². The largest absolute Gasteiger partial charge is 0.303 e. The van der Waals surface area contributed by atoms with Gasteiger partial charge < -0.3 is 4.57 Å². The summed E-state index contributed by atoms with van der Waals surface area (Å²) in [5, 5.41) is 24.6. The lowest BCUT2D eigenvalue weighted by Gasteiger charge is -2.26. The van der Waals surface area contributed by atoms with Crippen LogP contribution >= 0.6 is 11.5 Å². The number of aryl methyl sites for hydroxylation is 1. The number of sulfonamides is 1. The summed E-state index contributed by atoms with van der Waals surface area (Å²) in [6, 6.07) is 6.99. The van der Waals surface area contributed by atoms with Crippen LogP contribution in [-0.2, 0) is 20.9 Å². The predicted octanol–water partition coefficient (Wildman–Crippen LogP) is 7.86. The molecular formula is C32H42N12O2S2. The zero-order valence-corrected chi connectivity index (χ0v) is 31.1. The Labute approximate surface area is 285 Å². The van der Waals surface area contributed by atoms with Crippen LogP contribution < -0.4 is 4.31 Å². The maximum Gasteiger partial charge on any atom is 0.255 e. The van der Waals surface area contributed by atoms with E-state index in [0.29, 0.717) is 50.9 Å². The van der Waals surface area contributed by atoms with Crippen molar-refractivity contribution in [1.82, 2.24) is 38.5 Å². The molecule has 5 rings (SSSR count). The molecule has 0 fully saturated rings. The summed E-state index contributed by atoms with van der Waals surface area (Å²) in [7, 11) is -3.47. The van der Waals surface area contributed by atoms with Gasteiger partial charge in [0.05, 0.1) is 29.9 Å². The molecular weight excluding hydrogens is 649 g/mol. The second kappa shape index (κ2) is 12.2. The Balaban J connectivity index is 1.73. The van der Waals surface area contributed by atoms with E-state index in [4.69, 9.17) is 32.1 Å². The van der Waals surface area contributed by atoms with Gasteiger partial charge in [0.2, 0.25) is 15.2 Å². The summed E-state index contributed by atoms with van der Waals surface area (Å²) in [6.07, 6.45) is 1.21. The van der Waals surface area contributed by atoms with Gasteiger partial charge in [-0.1, -0.05) is 41.5 Å². The molecule has 14 nitrogen and oxygen atoms in total. The lowest BCUT2D eigenvalue weighted by Crippen LogP contribution is -2.36. The average Bonchev–Trinajstić information content (AvgIpc) is 3.71. The van der Waals surface area contributed by atoms with E-state index in [1.165, 1.54) is 22.1 Å². The van der Waals surface area contributed by atoms with Crippen LogP contribution in [0.25, 0.3) is 27.0 Å². The Morgan fingerprint density at radius 1 is 0.938 bits per heavy atom. The van der Waals surface area contributed by atoms with Crippen molar-refractivity contribution in [3.8, 4) is 16.5 Å². The maximum absolute atomic E-state index is 12.5. The van der Waals surface area contributed by atoms with E-state index in [1.807, 2.05) is 85.9 Å². The molecule has 254 valence electrons. The summed E-state index contributed by atoms with van der Waals surface area (Å²) in [5.41, 5.74) is 3.20. The van der Waals surface area contributed by atoms with Crippen molar-refractivity contribution in [3.05, 3.63) is 52.9 Å². The molecule has 16 heteroatoms. The normalized spacial score (nSPS) is 13.0. The first-order valence-corrected chi connectivity index (χ1v) is 18.2. The highest BCUT2D eigenvalue weighted by molar-refractivity contribution is 7.92. The fraction of sp³-hybridized carbons (Fsp3) is 0.500. The van der Waals surface area contributed by atoms with Gasteiger partial charge >= 0.3 is 0 Å². The highest BCUT2D eigenvalue weighted by Gasteiger charge is 2.32. The molecule has 0 amide bonds. The van der Waals surface area contributed by atoms with Crippen LogP contribution in [0.3, 0.4) is 0 Å². The van der Waals surface area contributed by atoms with Gasteiger partial charge in [0, 0.05) is 34.6 Å². The lowest BCUT2D eigenvalue weighted by atomic mass is 9.91. The first-order valence-electron chi connectivity index (χ1n) is 15.6. The van der Waals surface area contributed by atoms with Crippen molar-refractivity contribution in [1.29, 1.82) is 0 Å².